The quantitative estimate of drug-likeness (QED) is 0.882. The lowest BCUT2D eigenvalue weighted by molar-refractivity contribution is 0.0786. The lowest BCUT2D eigenvalue weighted by Crippen LogP contribution is -2.26. The number of nitrogen functional groups attached to an aromatic ring is 1. The summed E-state index contributed by atoms with van der Waals surface area (Å²) in [6, 6.07) is 10.8. The fourth-order valence-electron chi connectivity index (χ4n) is 1.87. The highest BCUT2D eigenvalue weighted by Crippen LogP contribution is 2.20. The van der Waals surface area contributed by atoms with Gasteiger partial charge >= 0.3 is 0 Å². The van der Waals surface area contributed by atoms with E-state index in [9.17, 15) is 9.18 Å². The fraction of sp³-hybridized carbons (Fsp3) is 0.133. The zero-order valence-electron chi connectivity index (χ0n) is 10.9. The molecule has 0 aliphatic carbocycles. The molecule has 2 aromatic rings. The average molecular weight is 293 g/mol. The van der Waals surface area contributed by atoms with Gasteiger partial charge in [-0.25, -0.2) is 4.39 Å². The maximum atomic E-state index is 12.8. The number of nitrogens with zero attached hydrogens (tertiary/aromatic N) is 1. The molecule has 0 saturated carbocycles. The number of carbonyl (C=O) groups excluding carboxylic acids is 1. The number of benzene rings is 2. The van der Waals surface area contributed by atoms with Gasteiger partial charge in [0, 0.05) is 24.3 Å². The smallest absolute Gasteiger partial charge is 0.255 e. The molecule has 2 N–H and O–H groups in total. The van der Waals surface area contributed by atoms with Crippen LogP contribution in [0.5, 0.6) is 0 Å². The predicted octanol–water partition coefficient (Wildman–Crippen LogP) is 3.33. The van der Waals surface area contributed by atoms with Gasteiger partial charge in [0.05, 0.1) is 5.56 Å². The topological polar surface area (TPSA) is 46.3 Å². The average Bonchev–Trinajstić information content (AvgIpc) is 2.40. The lowest BCUT2D eigenvalue weighted by atomic mass is 10.1. The SMILES string of the molecule is CN(Cc1ccc(F)cc1)C(=O)c1ccc(Cl)cc1N. The molecule has 3 nitrogen and oxygen atoms in total. The summed E-state index contributed by atoms with van der Waals surface area (Å²) >= 11 is 5.81. The molecule has 104 valence electrons. The molecular formula is C15H14ClFN2O. The number of amides is 1. The Morgan fingerprint density at radius 2 is 1.90 bits per heavy atom. The molecule has 0 aromatic heterocycles. The van der Waals surface area contributed by atoms with Crippen molar-refractivity contribution < 1.29 is 9.18 Å². The van der Waals surface area contributed by atoms with Gasteiger partial charge in [-0.2, -0.15) is 0 Å². The number of carbonyl (C=O) groups is 1. The van der Waals surface area contributed by atoms with E-state index in [4.69, 9.17) is 17.3 Å². The molecule has 0 unspecified atom stereocenters. The van der Waals surface area contributed by atoms with Crippen LogP contribution in [0.4, 0.5) is 10.1 Å². The summed E-state index contributed by atoms with van der Waals surface area (Å²) in [6.07, 6.45) is 0. The van der Waals surface area contributed by atoms with Crippen molar-refractivity contribution in [1.82, 2.24) is 4.90 Å². The third-order valence-corrected chi connectivity index (χ3v) is 3.16. The van der Waals surface area contributed by atoms with E-state index >= 15 is 0 Å². The molecule has 0 spiro atoms. The molecule has 0 aliphatic heterocycles. The van der Waals surface area contributed by atoms with Gasteiger partial charge in [-0.1, -0.05) is 23.7 Å². The molecule has 2 rings (SSSR count). The van der Waals surface area contributed by atoms with E-state index in [-0.39, 0.29) is 11.7 Å². The van der Waals surface area contributed by atoms with E-state index in [1.165, 1.54) is 17.0 Å². The highest BCUT2D eigenvalue weighted by molar-refractivity contribution is 6.31. The first-order valence-electron chi connectivity index (χ1n) is 6.02. The number of hydrogen-bond donors (Lipinski definition) is 1. The van der Waals surface area contributed by atoms with Gasteiger partial charge in [0.15, 0.2) is 0 Å². The number of rotatable bonds is 3. The number of halogens is 2. The Kier molecular flexibility index (Phi) is 4.25. The molecule has 0 aliphatic rings. The van der Waals surface area contributed by atoms with Crippen molar-refractivity contribution in [3.8, 4) is 0 Å². The molecule has 1 amide bonds. The second kappa shape index (κ2) is 5.92. The van der Waals surface area contributed by atoms with Gasteiger partial charge in [-0.15, -0.1) is 0 Å². The maximum Gasteiger partial charge on any atom is 0.255 e. The van der Waals surface area contributed by atoms with Crippen LogP contribution in [0.15, 0.2) is 42.5 Å². The first-order chi connectivity index (χ1) is 9.47. The van der Waals surface area contributed by atoms with Gasteiger partial charge < -0.3 is 10.6 Å². The third kappa shape index (κ3) is 3.27. The van der Waals surface area contributed by atoms with E-state index < -0.39 is 0 Å². The number of hydrogen-bond acceptors (Lipinski definition) is 2. The van der Waals surface area contributed by atoms with Crippen molar-refractivity contribution >= 4 is 23.2 Å². The molecular weight excluding hydrogens is 279 g/mol. The second-order valence-electron chi connectivity index (χ2n) is 4.52. The molecule has 20 heavy (non-hydrogen) atoms. The summed E-state index contributed by atoms with van der Waals surface area (Å²) in [6.45, 7) is 0.376. The Morgan fingerprint density at radius 3 is 2.50 bits per heavy atom. The third-order valence-electron chi connectivity index (χ3n) is 2.92. The van der Waals surface area contributed by atoms with Crippen LogP contribution in [0.2, 0.25) is 5.02 Å². The molecule has 0 atom stereocenters. The van der Waals surface area contributed by atoms with Crippen molar-refractivity contribution in [2.45, 2.75) is 6.54 Å². The minimum Gasteiger partial charge on any atom is -0.398 e. The van der Waals surface area contributed by atoms with Crippen molar-refractivity contribution in [1.29, 1.82) is 0 Å². The molecule has 0 saturated heterocycles. The summed E-state index contributed by atoms with van der Waals surface area (Å²) in [5, 5.41) is 0.486. The van der Waals surface area contributed by atoms with Crippen LogP contribution in [0.1, 0.15) is 15.9 Å². The first-order valence-corrected chi connectivity index (χ1v) is 6.40. The van der Waals surface area contributed by atoms with Crippen LogP contribution in [0, 0.1) is 5.82 Å². The zero-order chi connectivity index (χ0) is 14.7. The Labute approximate surface area is 121 Å². The number of nitrogens with two attached hydrogens (primary N) is 1. The van der Waals surface area contributed by atoms with Crippen LogP contribution in [-0.2, 0) is 6.54 Å². The first kappa shape index (κ1) is 14.3. The molecule has 5 heteroatoms. The lowest BCUT2D eigenvalue weighted by Gasteiger charge is -2.18. The summed E-state index contributed by atoms with van der Waals surface area (Å²) in [7, 11) is 1.67. The maximum absolute atomic E-state index is 12.8. The van der Waals surface area contributed by atoms with E-state index in [0.29, 0.717) is 22.8 Å². The largest absolute Gasteiger partial charge is 0.398 e. The van der Waals surface area contributed by atoms with Gasteiger partial charge in [-0.3, -0.25) is 4.79 Å². The monoisotopic (exact) mass is 292 g/mol. The molecule has 0 radical (unpaired) electrons. The van der Waals surface area contributed by atoms with Crippen molar-refractivity contribution in [2.24, 2.45) is 0 Å². The molecule has 0 heterocycles. The van der Waals surface area contributed by atoms with Crippen LogP contribution in [0.25, 0.3) is 0 Å². The molecule has 2 aromatic carbocycles. The molecule has 0 fully saturated rings. The Balaban J connectivity index is 2.14. The van der Waals surface area contributed by atoms with Crippen LogP contribution in [-0.4, -0.2) is 17.9 Å². The minimum absolute atomic E-state index is 0.205. The Morgan fingerprint density at radius 1 is 1.25 bits per heavy atom. The Hall–Kier alpha value is -2.07. The second-order valence-corrected chi connectivity index (χ2v) is 4.96. The van der Waals surface area contributed by atoms with E-state index in [2.05, 4.69) is 0 Å². The van der Waals surface area contributed by atoms with Crippen LogP contribution >= 0.6 is 11.6 Å². The van der Waals surface area contributed by atoms with Gasteiger partial charge in [0.1, 0.15) is 5.82 Å². The van der Waals surface area contributed by atoms with Crippen molar-refractivity contribution in [3.63, 3.8) is 0 Å². The fourth-order valence-corrected chi connectivity index (χ4v) is 2.05. The van der Waals surface area contributed by atoms with Gasteiger partial charge in [0.25, 0.3) is 5.91 Å². The number of anilines is 1. The summed E-state index contributed by atoms with van der Waals surface area (Å²) in [5.74, 6) is -0.506. The zero-order valence-corrected chi connectivity index (χ0v) is 11.7. The summed E-state index contributed by atoms with van der Waals surface area (Å²) in [5.41, 5.74) is 7.38. The summed E-state index contributed by atoms with van der Waals surface area (Å²) in [4.78, 5) is 13.8. The van der Waals surface area contributed by atoms with E-state index in [1.54, 1.807) is 37.4 Å². The highest BCUT2D eigenvalue weighted by atomic mass is 35.5. The van der Waals surface area contributed by atoms with Crippen molar-refractivity contribution in [3.05, 3.63) is 64.4 Å². The summed E-state index contributed by atoms with van der Waals surface area (Å²) < 4.78 is 12.8. The van der Waals surface area contributed by atoms with E-state index in [1.807, 2.05) is 0 Å². The highest BCUT2D eigenvalue weighted by Gasteiger charge is 2.15. The van der Waals surface area contributed by atoms with Gasteiger partial charge in [0.2, 0.25) is 0 Å². The van der Waals surface area contributed by atoms with Gasteiger partial charge in [-0.05, 0) is 35.9 Å². The van der Waals surface area contributed by atoms with Crippen LogP contribution in [0.3, 0.4) is 0 Å². The minimum atomic E-state index is -0.301. The van der Waals surface area contributed by atoms with Crippen LogP contribution < -0.4 is 5.73 Å². The van der Waals surface area contributed by atoms with Crippen molar-refractivity contribution in [2.75, 3.05) is 12.8 Å². The Bertz CT molecular complexity index is 628. The predicted molar refractivity (Wildman–Crippen MR) is 78.1 cm³/mol. The molecule has 0 bridgehead atoms. The van der Waals surface area contributed by atoms with E-state index in [0.717, 1.165) is 5.56 Å². The normalized spacial score (nSPS) is 10.3. The standard InChI is InChI=1S/C15H14ClFN2O/c1-19(9-10-2-5-12(17)6-3-10)15(20)13-7-4-11(16)8-14(13)18/h2-8H,9,18H2,1H3.